The normalized spacial score (nSPS) is 11.7. The van der Waals surface area contributed by atoms with Crippen LogP contribution < -0.4 is 10.6 Å². The van der Waals surface area contributed by atoms with E-state index >= 15 is 0 Å². The Morgan fingerprint density at radius 1 is 1.24 bits per heavy atom. The summed E-state index contributed by atoms with van der Waals surface area (Å²) in [7, 11) is 0. The maximum atomic E-state index is 11.5. The molecule has 0 saturated carbocycles. The molecule has 0 spiro atoms. The minimum Gasteiger partial charge on any atom is -0.480 e. The first kappa shape index (κ1) is 13.0. The van der Waals surface area contributed by atoms with E-state index in [9.17, 15) is 9.59 Å². The molecule has 5 nitrogen and oxygen atoms in total. The number of hydrogen-bond acceptors (Lipinski definition) is 2. The molecule has 0 fully saturated rings. The van der Waals surface area contributed by atoms with Crippen LogP contribution in [0.5, 0.6) is 0 Å². The van der Waals surface area contributed by atoms with Crippen LogP contribution in [0.15, 0.2) is 18.2 Å². The van der Waals surface area contributed by atoms with Crippen LogP contribution in [0.3, 0.4) is 0 Å². The van der Waals surface area contributed by atoms with Gasteiger partial charge in [-0.05, 0) is 31.9 Å². The molecular weight excluding hydrogens is 220 g/mol. The summed E-state index contributed by atoms with van der Waals surface area (Å²) in [6.45, 7) is 5.17. The maximum Gasteiger partial charge on any atom is 0.325 e. The number of urea groups is 1. The van der Waals surface area contributed by atoms with Crippen LogP contribution in [0.1, 0.15) is 18.1 Å². The number of carboxylic acids is 1. The van der Waals surface area contributed by atoms with Gasteiger partial charge in [-0.15, -0.1) is 0 Å². The second-order valence-corrected chi connectivity index (χ2v) is 3.93. The third-order valence-corrected chi connectivity index (χ3v) is 2.44. The van der Waals surface area contributed by atoms with Crippen LogP contribution in [0.4, 0.5) is 10.5 Å². The number of benzene rings is 1. The van der Waals surface area contributed by atoms with Gasteiger partial charge in [0.2, 0.25) is 0 Å². The predicted octanol–water partition coefficient (Wildman–Crippen LogP) is 1.90. The molecule has 1 atom stereocenters. The van der Waals surface area contributed by atoms with Crippen molar-refractivity contribution in [2.24, 2.45) is 0 Å². The Morgan fingerprint density at radius 3 is 2.24 bits per heavy atom. The Balaban J connectivity index is 2.72. The lowest BCUT2D eigenvalue weighted by Crippen LogP contribution is -2.41. The molecule has 0 aliphatic rings. The van der Waals surface area contributed by atoms with Gasteiger partial charge < -0.3 is 15.7 Å². The van der Waals surface area contributed by atoms with Crippen molar-refractivity contribution >= 4 is 17.7 Å². The average molecular weight is 236 g/mol. The van der Waals surface area contributed by atoms with Crippen LogP contribution in [0.2, 0.25) is 0 Å². The summed E-state index contributed by atoms with van der Waals surface area (Å²) >= 11 is 0. The summed E-state index contributed by atoms with van der Waals surface area (Å²) in [4.78, 5) is 22.1. The molecule has 3 N–H and O–H groups in total. The van der Waals surface area contributed by atoms with Crippen LogP contribution in [-0.2, 0) is 4.79 Å². The van der Waals surface area contributed by atoms with E-state index in [2.05, 4.69) is 10.6 Å². The largest absolute Gasteiger partial charge is 0.480 e. The third kappa shape index (κ3) is 3.48. The second kappa shape index (κ2) is 5.34. The summed E-state index contributed by atoms with van der Waals surface area (Å²) in [5.74, 6) is -1.07. The van der Waals surface area contributed by atoms with E-state index < -0.39 is 18.0 Å². The maximum absolute atomic E-state index is 11.5. The first-order valence-electron chi connectivity index (χ1n) is 5.28. The topological polar surface area (TPSA) is 78.4 Å². The standard InChI is InChI=1S/C12H16N2O3/c1-7-5-4-6-8(2)10(7)14-12(17)13-9(3)11(15)16/h4-6,9H,1-3H3,(H,15,16)(H2,13,14,17). The number of carbonyl (C=O) groups is 2. The molecule has 5 heteroatoms. The minimum atomic E-state index is -1.07. The molecule has 1 unspecified atom stereocenters. The number of aryl methyl sites for hydroxylation is 2. The lowest BCUT2D eigenvalue weighted by molar-refractivity contribution is -0.138. The summed E-state index contributed by atoms with van der Waals surface area (Å²) < 4.78 is 0. The van der Waals surface area contributed by atoms with E-state index in [4.69, 9.17) is 5.11 Å². The van der Waals surface area contributed by atoms with E-state index in [-0.39, 0.29) is 0 Å². The minimum absolute atomic E-state index is 0.516. The highest BCUT2D eigenvalue weighted by Crippen LogP contribution is 2.18. The van der Waals surface area contributed by atoms with E-state index in [1.807, 2.05) is 32.0 Å². The molecule has 2 amide bonds. The molecular formula is C12H16N2O3. The van der Waals surface area contributed by atoms with Gasteiger partial charge in [-0.3, -0.25) is 4.79 Å². The molecule has 17 heavy (non-hydrogen) atoms. The molecule has 0 aliphatic carbocycles. The van der Waals surface area contributed by atoms with Crippen LogP contribution in [0.25, 0.3) is 0 Å². The van der Waals surface area contributed by atoms with Crippen LogP contribution in [0, 0.1) is 13.8 Å². The molecule has 0 radical (unpaired) electrons. The van der Waals surface area contributed by atoms with E-state index in [0.29, 0.717) is 5.69 Å². The highest BCUT2D eigenvalue weighted by Gasteiger charge is 2.14. The number of carbonyl (C=O) groups excluding carboxylic acids is 1. The molecule has 92 valence electrons. The first-order valence-corrected chi connectivity index (χ1v) is 5.28. The lowest BCUT2D eigenvalue weighted by atomic mass is 10.1. The Kier molecular flexibility index (Phi) is 4.09. The number of anilines is 1. The number of para-hydroxylation sites is 1. The Labute approximate surface area is 99.8 Å². The van der Waals surface area contributed by atoms with Gasteiger partial charge in [-0.25, -0.2) is 4.79 Å². The summed E-state index contributed by atoms with van der Waals surface area (Å²) in [5.41, 5.74) is 2.58. The molecule has 0 aliphatic heterocycles. The van der Waals surface area contributed by atoms with Crippen molar-refractivity contribution in [3.63, 3.8) is 0 Å². The second-order valence-electron chi connectivity index (χ2n) is 3.93. The number of hydrogen-bond donors (Lipinski definition) is 3. The highest BCUT2D eigenvalue weighted by atomic mass is 16.4. The monoisotopic (exact) mass is 236 g/mol. The highest BCUT2D eigenvalue weighted by molar-refractivity contribution is 5.93. The zero-order valence-corrected chi connectivity index (χ0v) is 10.1. The van der Waals surface area contributed by atoms with Crippen LogP contribution in [-0.4, -0.2) is 23.1 Å². The van der Waals surface area contributed by atoms with Crippen molar-refractivity contribution < 1.29 is 14.7 Å². The van der Waals surface area contributed by atoms with Gasteiger partial charge in [0.15, 0.2) is 0 Å². The van der Waals surface area contributed by atoms with Crippen molar-refractivity contribution in [1.29, 1.82) is 0 Å². The molecule has 1 aromatic rings. The van der Waals surface area contributed by atoms with Gasteiger partial charge in [0.05, 0.1) is 0 Å². The van der Waals surface area contributed by atoms with Gasteiger partial charge in [-0.2, -0.15) is 0 Å². The van der Waals surface area contributed by atoms with Crippen molar-refractivity contribution in [3.05, 3.63) is 29.3 Å². The van der Waals surface area contributed by atoms with E-state index in [1.165, 1.54) is 6.92 Å². The van der Waals surface area contributed by atoms with Crippen LogP contribution >= 0.6 is 0 Å². The molecule has 0 aromatic heterocycles. The van der Waals surface area contributed by atoms with E-state index in [0.717, 1.165) is 11.1 Å². The van der Waals surface area contributed by atoms with Gasteiger partial charge in [-0.1, -0.05) is 18.2 Å². The molecule has 0 saturated heterocycles. The molecule has 0 heterocycles. The molecule has 0 bridgehead atoms. The van der Waals surface area contributed by atoms with Crippen molar-refractivity contribution in [1.82, 2.24) is 5.32 Å². The fourth-order valence-electron chi connectivity index (χ4n) is 1.42. The van der Waals surface area contributed by atoms with Crippen molar-refractivity contribution in [2.45, 2.75) is 26.8 Å². The number of rotatable bonds is 3. The molecule has 1 aromatic carbocycles. The average Bonchev–Trinajstić information content (AvgIpc) is 2.23. The summed E-state index contributed by atoms with van der Waals surface area (Å²) in [6.07, 6.45) is 0. The Hall–Kier alpha value is -2.04. The van der Waals surface area contributed by atoms with Crippen molar-refractivity contribution in [2.75, 3.05) is 5.32 Å². The number of carboxylic acid groups (broad SMARTS) is 1. The predicted molar refractivity (Wildman–Crippen MR) is 65.2 cm³/mol. The smallest absolute Gasteiger partial charge is 0.325 e. The number of aliphatic carboxylic acids is 1. The number of amides is 2. The van der Waals surface area contributed by atoms with Gasteiger partial charge in [0.1, 0.15) is 6.04 Å². The lowest BCUT2D eigenvalue weighted by Gasteiger charge is -2.14. The first-order chi connectivity index (χ1) is 7.91. The SMILES string of the molecule is Cc1cccc(C)c1NC(=O)NC(C)C(=O)O. The Morgan fingerprint density at radius 2 is 1.76 bits per heavy atom. The Bertz CT molecular complexity index is 423. The third-order valence-electron chi connectivity index (χ3n) is 2.44. The zero-order chi connectivity index (χ0) is 13.0. The van der Waals surface area contributed by atoms with Crippen molar-refractivity contribution in [3.8, 4) is 0 Å². The molecule has 1 rings (SSSR count). The fourth-order valence-corrected chi connectivity index (χ4v) is 1.42. The fraction of sp³-hybridized carbons (Fsp3) is 0.333. The zero-order valence-electron chi connectivity index (χ0n) is 10.1. The van der Waals surface area contributed by atoms with E-state index in [1.54, 1.807) is 0 Å². The summed E-state index contributed by atoms with van der Waals surface area (Å²) in [5, 5.41) is 13.6. The quantitative estimate of drug-likeness (QED) is 0.750. The van der Waals surface area contributed by atoms with Gasteiger partial charge >= 0.3 is 12.0 Å². The van der Waals surface area contributed by atoms with Gasteiger partial charge in [0.25, 0.3) is 0 Å². The number of nitrogens with one attached hydrogen (secondary N) is 2. The van der Waals surface area contributed by atoms with Gasteiger partial charge in [0, 0.05) is 5.69 Å². The summed E-state index contributed by atoms with van der Waals surface area (Å²) in [6, 6.07) is 4.22.